The zero-order chi connectivity index (χ0) is 14.9. The number of hydrogen-bond donors (Lipinski definition) is 1. The Hall–Kier alpha value is -2.10. The Morgan fingerprint density at radius 1 is 1.25 bits per heavy atom. The molecule has 0 atom stereocenters. The van der Waals surface area contributed by atoms with E-state index in [9.17, 15) is 10.1 Å². The molecule has 0 aliphatic rings. The Balaban J connectivity index is 2.67. The summed E-state index contributed by atoms with van der Waals surface area (Å²) in [7, 11) is 0. The van der Waals surface area contributed by atoms with Crippen LogP contribution in [0.15, 0.2) is 30.3 Å². The van der Waals surface area contributed by atoms with Gasteiger partial charge in [0, 0.05) is 22.7 Å². The van der Waals surface area contributed by atoms with Crippen LogP contribution >= 0.6 is 0 Å². The Morgan fingerprint density at radius 3 is 2.45 bits per heavy atom. The minimum atomic E-state index is -0.312. The van der Waals surface area contributed by atoms with Crippen LogP contribution in [0.5, 0.6) is 0 Å². The fourth-order valence-corrected chi connectivity index (χ4v) is 2.27. The first-order valence-corrected chi connectivity index (χ1v) is 6.80. The number of nitrogens with one attached hydrogen (secondary N) is 1. The largest absolute Gasteiger partial charge is 0.352 e. The summed E-state index contributed by atoms with van der Waals surface area (Å²) in [5.74, 6) is 0. The second-order valence-corrected chi connectivity index (χ2v) is 5.96. The molecule has 0 saturated heterocycles. The molecule has 1 N–H and O–H groups in total. The van der Waals surface area contributed by atoms with Crippen LogP contribution in [0.25, 0.3) is 11.3 Å². The molecule has 0 aliphatic carbocycles. The van der Waals surface area contributed by atoms with E-state index in [2.05, 4.69) is 11.9 Å². The third-order valence-electron chi connectivity index (χ3n) is 3.47. The van der Waals surface area contributed by atoms with Gasteiger partial charge in [0.1, 0.15) is 5.69 Å². The Kier molecular flexibility index (Phi) is 3.66. The molecule has 4 nitrogen and oxygen atoms in total. The molecule has 1 aromatic carbocycles. The molecule has 0 unspecified atom stereocenters. The fraction of sp³-hybridized carbons (Fsp3) is 0.375. The van der Waals surface area contributed by atoms with Crippen LogP contribution in [0.2, 0.25) is 0 Å². The zero-order valence-electron chi connectivity index (χ0n) is 12.4. The van der Waals surface area contributed by atoms with Crippen LogP contribution in [0.4, 0.5) is 5.69 Å². The molecular formula is C16H20N2O2. The highest BCUT2D eigenvalue weighted by molar-refractivity contribution is 5.74. The molecule has 2 aromatic rings. The lowest BCUT2D eigenvalue weighted by molar-refractivity contribution is -0.384. The van der Waals surface area contributed by atoms with Crippen LogP contribution in [0, 0.1) is 10.1 Å². The minimum Gasteiger partial charge on any atom is -0.352 e. The summed E-state index contributed by atoms with van der Waals surface area (Å²) in [4.78, 5) is 14.3. The second-order valence-electron chi connectivity index (χ2n) is 5.96. The summed E-state index contributed by atoms with van der Waals surface area (Å²) >= 11 is 0. The van der Waals surface area contributed by atoms with Crippen molar-refractivity contribution >= 4 is 5.69 Å². The van der Waals surface area contributed by atoms with E-state index in [0.717, 1.165) is 23.2 Å². The van der Waals surface area contributed by atoms with Gasteiger partial charge in [0.15, 0.2) is 0 Å². The van der Waals surface area contributed by atoms with Crippen molar-refractivity contribution in [2.45, 2.75) is 39.5 Å². The molecule has 0 aliphatic heterocycles. The molecule has 0 spiro atoms. The van der Waals surface area contributed by atoms with Gasteiger partial charge in [0.05, 0.1) is 4.92 Å². The lowest BCUT2D eigenvalue weighted by atomic mass is 9.92. The van der Waals surface area contributed by atoms with Crippen molar-refractivity contribution in [3.8, 4) is 11.3 Å². The average Bonchev–Trinajstić information content (AvgIpc) is 2.83. The predicted molar refractivity (Wildman–Crippen MR) is 81.0 cm³/mol. The van der Waals surface area contributed by atoms with E-state index < -0.39 is 0 Å². The molecule has 0 saturated carbocycles. The highest BCUT2D eigenvalue weighted by Crippen LogP contribution is 2.36. The number of hydrogen-bond acceptors (Lipinski definition) is 2. The zero-order valence-corrected chi connectivity index (χ0v) is 12.4. The molecular weight excluding hydrogens is 252 g/mol. The first-order chi connectivity index (χ1) is 9.34. The van der Waals surface area contributed by atoms with Crippen LogP contribution in [0.1, 0.15) is 39.0 Å². The van der Waals surface area contributed by atoms with Crippen LogP contribution < -0.4 is 0 Å². The van der Waals surface area contributed by atoms with Gasteiger partial charge in [0.25, 0.3) is 5.69 Å². The number of benzene rings is 1. The van der Waals surface area contributed by atoms with Crippen molar-refractivity contribution in [2.24, 2.45) is 0 Å². The summed E-state index contributed by atoms with van der Waals surface area (Å²) in [6.07, 6.45) is 0.844. The van der Waals surface area contributed by atoms with Gasteiger partial charge in [-0.25, -0.2) is 0 Å². The van der Waals surface area contributed by atoms with Crippen LogP contribution in [0.3, 0.4) is 0 Å². The van der Waals surface area contributed by atoms with Crippen LogP contribution in [-0.2, 0) is 11.8 Å². The monoisotopic (exact) mass is 272 g/mol. The van der Waals surface area contributed by atoms with E-state index in [-0.39, 0.29) is 16.0 Å². The highest BCUT2D eigenvalue weighted by atomic mass is 16.6. The summed E-state index contributed by atoms with van der Waals surface area (Å²) in [6, 6.07) is 9.47. The highest BCUT2D eigenvalue weighted by Gasteiger charge is 2.26. The summed E-state index contributed by atoms with van der Waals surface area (Å²) in [6.45, 7) is 8.17. The van der Waals surface area contributed by atoms with Gasteiger partial charge < -0.3 is 4.98 Å². The number of nitro groups is 1. The number of H-pyrrole nitrogens is 1. The van der Waals surface area contributed by atoms with Gasteiger partial charge in [-0.15, -0.1) is 0 Å². The van der Waals surface area contributed by atoms with Gasteiger partial charge in [-0.3, -0.25) is 10.1 Å². The SMILES string of the molecule is CCc1ccccc1-c1[nH]c(C(C)(C)C)cc1[N+](=O)[O-]. The molecule has 0 fully saturated rings. The number of aryl methyl sites for hydroxylation is 1. The average molecular weight is 272 g/mol. The number of aromatic amines is 1. The first kappa shape index (κ1) is 14.3. The topological polar surface area (TPSA) is 58.9 Å². The van der Waals surface area contributed by atoms with E-state index in [0.29, 0.717) is 5.69 Å². The first-order valence-electron chi connectivity index (χ1n) is 6.80. The van der Waals surface area contributed by atoms with Crippen molar-refractivity contribution in [3.63, 3.8) is 0 Å². The van der Waals surface area contributed by atoms with Crippen molar-refractivity contribution < 1.29 is 4.92 Å². The molecule has 1 aromatic heterocycles. The summed E-state index contributed by atoms with van der Waals surface area (Å²) in [5, 5.41) is 11.3. The molecule has 0 amide bonds. The lowest BCUT2D eigenvalue weighted by Crippen LogP contribution is -2.11. The number of aromatic nitrogens is 1. The fourth-order valence-electron chi connectivity index (χ4n) is 2.27. The Labute approximate surface area is 119 Å². The summed E-state index contributed by atoms with van der Waals surface area (Å²) < 4.78 is 0. The smallest absolute Gasteiger partial charge is 0.295 e. The molecule has 4 heteroatoms. The maximum Gasteiger partial charge on any atom is 0.295 e. The van der Waals surface area contributed by atoms with Crippen LogP contribution in [-0.4, -0.2) is 9.91 Å². The third-order valence-corrected chi connectivity index (χ3v) is 3.47. The standard InChI is InChI=1S/C16H20N2O2/c1-5-11-8-6-7-9-12(11)15-13(18(19)20)10-14(17-15)16(2,3)4/h6-10,17H,5H2,1-4H3. The van der Waals surface area contributed by atoms with Crippen molar-refractivity contribution in [1.82, 2.24) is 4.98 Å². The van der Waals surface area contributed by atoms with E-state index in [1.807, 2.05) is 45.0 Å². The van der Waals surface area contributed by atoms with Crippen molar-refractivity contribution in [3.05, 3.63) is 51.7 Å². The normalized spacial score (nSPS) is 11.6. The van der Waals surface area contributed by atoms with E-state index in [1.165, 1.54) is 0 Å². The number of nitrogens with zero attached hydrogens (tertiary/aromatic N) is 1. The quantitative estimate of drug-likeness (QED) is 0.662. The second kappa shape index (κ2) is 5.12. The third kappa shape index (κ3) is 2.59. The predicted octanol–water partition coefficient (Wildman–Crippen LogP) is 4.45. The van der Waals surface area contributed by atoms with Gasteiger partial charge in [0.2, 0.25) is 0 Å². The maximum atomic E-state index is 11.3. The van der Waals surface area contributed by atoms with E-state index in [4.69, 9.17) is 0 Å². The number of rotatable bonds is 3. The van der Waals surface area contributed by atoms with Crippen molar-refractivity contribution in [1.29, 1.82) is 0 Å². The van der Waals surface area contributed by atoms with E-state index >= 15 is 0 Å². The molecule has 106 valence electrons. The van der Waals surface area contributed by atoms with Crippen molar-refractivity contribution in [2.75, 3.05) is 0 Å². The molecule has 2 rings (SSSR count). The van der Waals surface area contributed by atoms with Gasteiger partial charge in [-0.05, 0) is 12.0 Å². The molecule has 0 radical (unpaired) electrons. The van der Waals surface area contributed by atoms with Gasteiger partial charge in [-0.2, -0.15) is 0 Å². The minimum absolute atomic E-state index is 0.149. The Morgan fingerprint density at radius 2 is 1.90 bits per heavy atom. The molecule has 1 heterocycles. The summed E-state index contributed by atoms with van der Waals surface area (Å²) in [5.41, 5.74) is 3.51. The lowest BCUT2D eigenvalue weighted by Gasteiger charge is -2.15. The van der Waals surface area contributed by atoms with Gasteiger partial charge in [-0.1, -0.05) is 52.0 Å². The van der Waals surface area contributed by atoms with E-state index in [1.54, 1.807) is 6.07 Å². The Bertz CT molecular complexity index is 636. The molecule has 20 heavy (non-hydrogen) atoms. The van der Waals surface area contributed by atoms with Gasteiger partial charge >= 0.3 is 0 Å². The molecule has 0 bridgehead atoms. The maximum absolute atomic E-state index is 11.3.